The first-order chi connectivity index (χ1) is 19.1. The van der Waals surface area contributed by atoms with Gasteiger partial charge in [0.25, 0.3) is 5.91 Å². The molecule has 1 saturated heterocycles. The smallest absolute Gasteiger partial charge is 0.252 e. The number of piperidine rings is 1. The zero-order chi connectivity index (χ0) is 26.6. The van der Waals surface area contributed by atoms with E-state index in [1.807, 2.05) is 36.4 Å². The molecule has 0 atom stereocenters. The quantitative estimate of drug-likeness (QED) is 0.294. The van der Waals surface area contributed by atoms with E-state index in [0.29, 0.717) is 17.4 Å². The maximum absolute atomic E-state index is 13.7. The number of nitrogens with one attached hydrogen (secondary N) is 1. The van der Waals surface area contributed by atoms with Crippen molar-refractivity contribution in [3.8, 4) is 11.1 Å². The lowest BCUT2D eigenvalue weighted by molar-refractivity contribution is 0.0921. The Bertz CT molecular complexity index is 1420. The second kappa shape index (κ2) is 11.7. The van der Waals surface area contributed by atoms with E-state index in [0.717, 1.165) is 85.9 Å². The zero-order valence-corrected chi connectivity index (χ0v) is 22.2. The summed E-state index contributed by atoms with van der Waals surface area (Å²) in [5.74, 6) is 0.823. The first-order valence-electron chi connectivity index (χ1n) is 14.2. The van der Waals surface area contributed by atoms with Gasteiger partial charge in [0.05, 0.1) is 11.2 Å². The van der Waals surface area contributed by atoms with Crippen LogP contribution in [0.4, 0.5) is 4.39 Å². The monoisotopic (exact) mass is 526 g/mol. The van der Waals surface area contributed by atoms with Crippen LogP contribution in [0.5, 0.6) is 0 Å². The summed E-state index contributed by atoms with van der Waals surface area (Å²) in [6, 6.07) is 16.5. The number of nitrogens with zero attached hydrogens (tertiary/aromatic N) is 3. The Morgan fingerprint density at radius 3 is 2.64 bits per heavy atom. The summed E-state index contributed by atoms with van der Waals surface area (Å²) in [6.45, 7) is 3.21. The number of hydrogen-bond acceptors (Lipinski definition) is 5. The summed E-state index contributed by atoms with van der Waals surface area (Å²) in [5, 5.41) is 8.49. The number of carbonyl (C=O) groups is 1. The Labute approximate surface area is 228 Å². The lowest BCUT2D eigenvalue weighted by atomic mass is 9.83. The van der Waals surface area contributed by atoms with Gasteiger partial charge in [-0.05, 0) is 106 Å². The first-order valence-corrected chi connectivity index (χ1v) is 14.2. The number of likely N-dealkylation sites (tertiary alicyclic amines) is 1. The molecule has 0 spiro atoms. The second-order valence-corrected chi connectivity index (χ2v) is 11.1. The summed E-state index contributed by atoms with van der Waals surface area (Å²) in [5.41, 5.74) is 4.26. The summed E-state index contributed by atoms with van der Waals surface area (Å²) in [6.07, 6.45) is 11.1. The van der Waals surface area contributed by atoms with Gasteiger partial charge < -0.3 is 14.7 Å². The lowest BCUT2D eigenvalue weighted by Crippen LogP contribution is -2.38. The predicted molar refractivity (Wildman–Crippen MR) is 150 cm³/mol. The van der Waals surface area contributed by atoms with Gasteiger partial charge in [0.2, 0.25) is 0 Å². The molecule has 2 fully saturated rings. The highest BCUT2D eigenvalue weighted by molar-refractivity contribution is 6.06. The minimum atomic E-state index is -0.242. The van der Waals surface area contributed by atoms with Gasteiger partial charge in [-0.25, -0.2) is 4.39 Å². The van der Waals surface area contributed by atoms with Crippen LogP contribution in [0.25, 0.3) is 22.0 Å². The number of pyridine rings is 1. The van der Waals surface area contributed by atoms with E-state index in [4.69, 9.17) is 4.52 Å². The number of aromatic nitrogens is 2. The average molecular weight is 527 g/mol. The molecule has 202 valence electrons. The number of halogens is 1. The standard InChI is InChI=1S/C32H35FN4O2/c33-25-5-1-4-24(20-25)29-21-39-36-31(29)23-14-18-37(19-15-23)17-13-22-9-11-26(12-10-22)35-32(38)28-6-2-8-30-27(28)7-3-16-34-30/h1-8,16,20-23,26H,9-15,17-19H2,(H,35,38)/t22-,26-. The van der Waals surface area contributed by atoms with Crippen molar-refractivity contribution in [2.75, 3.05) is 19.6 Å². The normalized spacial score (nSPS) is 20.7. The van der Waals surface area contributed by atoms with Crippen LogP contribution in [0.15, 0.2) is 71.6 Å². The minimum Gasteiger partial charge on any atom is -0.364 e. The average Bonchev–Trinajstić information content (AvgIpc) is 3.47. The van der Waals surface area contributed by atoms with Crippen molar-refractivity contribution in [1.29, 1.82) is 0 Å². The molecule has 39 heavy (non-hydrogen) atoms. The van der Waals surface area contributed by atoms with Crippen molar-refractivity contribution >= 4 is 16.8 Å². The van der Waals surface area contributed by atoms with E-state index in [1.165, 1.54) is 12.5 Å². The van der Waals surface area contributed by atoms with Crippen LogP contribution in [-0.4, -0.2) is 46.6 Å². The molecule has 4 aromatic rings. The van der Waals surface area contributed by atoms with Crippen LogP contribution in [0.2, 0.25) is 0 Å². The van der Waals surface area contributed by atoms with Gasteiger partial charge in [0, 0.05) is 34.7 Å². The zero-order valence-electron chi connectivity index (χ0n) is 22.2. The summed E-state index contributed by atoms with van der Waals surface area (Å²) < 4.78 is 19.1. The predicted octanol–water partition coefficient (Wildman–Crippen LogP) is 6.59. The van der Waals surface area contributed by atoms with Gasteiger partial charge in [-0.3, -0.25) is 9.78 Å². The highest BCUT2D eigenvalue weighted by atomic mass is 19.1. The van der Waals surface area contributed by atoms with E-state index in [2.05, 4.69) is 20.4 Å². The fourth-order valence-corrected chi connectivity index (χ4v) is 6.37. The van der Waals surface area contributed by atoms with Crippen molar-refractivity contribution < 1.29 is 13.7 Å². The van der Waals surface area contributed by atoms with E-state index in [1.54, 1.807) is 24.6 Å². The third kappa shape index (κ3) is 5.88. The van der Waals surface area contributed by atoms with Crippen LogP contribution in [-0.2, 0) is 0 Å². The molecule has 1 aliphatic heterocycles. The van der Waals surface area contributed by atoms with Crippen LogP contribution in [0.3, 0.4) is 0 Å². The molecule has 1 amide bonds. The van der Waals surface area contributed by atoms with Crippen molar-refractivity contribution in [2.45, 2.75) is 56.9 Å². The molecule has 2 aliphatic rings. The van der Waals surface area contributed by atoms with Crippen LogP contribution in [0, 0.1) is 11.7 Å². The van der Waals surface area contributed by atoms with Crippen molar-refractivity contribution in [3.63, 3.8) is 0 Å². The molecule has 6 rings (SSSR count). The fraction of sp³-hybridized carbons (Fsp3) is 0.406. The van der Waals surface area contributed by atoms with Crippen molar-refractivity contribution in [2.24, 2.45) is 5.92 Å². The largest absolute Gasteiger partial charge is 0.364 e. The van der Waals surface area contributed by atoms with E-state index >= 15 is 0 Å². The number of fused-ring (bicyclic) bond motifs is 1. The summed E-state index contributed by atoms with van der Waals surface area (Å²) >= 11 is 0. The molecule has 0 bridgehead atoms. The number of hydrogen-bond donors (Lipinski definition) is 1. The van der Waals surface area contributed by atoms with Crippen molar-refractivity contribution in [1.82, 2.24) is 20.4 Å². The van der Waals surface area contributed by atoms with Crippen LogP contribution < -0.4 is 5.32 Å². The molecule has 3 heterocycles. The van der Waals surface area contributed by atoms with Gasteiger partial charge in [-0.1, -0.05) is 29.4 Å². The second-order valence-electron chi connectivity index (χ2n) is 11.1. The maximum atomic E-state index is 13.7. The van der Waals surface area contributed by atoms with Gasteiger partial charge in [-0.15, -0.1) is 0 Å². The number of amides is 1. The molecule has 0 radical (unpaired) electrons. The van der Waals surface area contributed by atoms with Gasteiger partial charge in [0.1, 0.15) is 12.1 Å². The van der Waals surface area contributed by atoms with E-state index in [-0.39, 0.29) is 17.8 Å². The third-order valence-electron chi connectivity index (χ3n) is 8.63. The van der Waals surface area contributed by atoms with E-state index < -0.39 is 0 Å². The molecule has 2 aromatic carbocycles. The topological polar surface area (TPSA) is 71.3 Å². The summed E-state index contributed by atoms with van der Waals surface area (Å²) in [7, 11) is 0. The van der Waals surface area contributed by atoms with Crippen LogP contribution >= 0.6 is 0 Å². The SMILES string of the molecule is O=C(N[C@H]1CC[C@H](CCN2CCC(c3nocc3-c3cccc(F)c3)CC2)CC1)c1cccc2ncccc12. The lowest BCUT2D eigenvalue weighted by Gasteiger charge is -2.34. The van der Waals surface area contributed by atoms with Crippen molar-refractivity contribution in [3.05, 3.63) is 84.1 Å². The van der Waals surface area contributed by atoms with Crippen LogP contribution in [0.1, 0.15) is 66.9 Å². The molecular formula is C32H35FN4O2. The Morgan fingerprint density at radius 1 is 1.00 bits per heavy atom. The Balaban J connectivity index is 0.947. The summed E-state index contributed by atoms with van der Waals surface area (Å²) in [4.78, 5) is 19.9. The third-order valence-corrected chi connectivity index (χ3v) is 8.63. The Hall–Kier alpha value is -3.58. The number of benzene rings is 2. The molecule has 0 unspecified atom stereocenters. The van der Waals surface area contributed by atoms with E-state index in [9.17, 15) is 9.18 Å². The number of rotatable bonds is 7. The first kappa shape index (κ1) is 25.7. The molecule has 7 heteroatoms. The minimum absolute atomic E-state index is 0.00703. The fourth-order valence-electron chi connectivity index (χ4n) is 6.37. The van der Waals surface area contributed by atoms with Gasteiger partial charge in [-0.2, -0.15) is 0 Å². The number of carbonyl (C=O) groups excluding carboxylic acids is 1. The molecule has 1 aliphatic carbocycles. The Morgan fingerprint density at radius 2 is 1.82 bits per heavy atom. The molecule has 1 saturated carbocycles. The highest BCUT2D eigenvalue weighted by Gasteiger charge is 2.28. The molecule has 2 aromatic heterocycles. The maximum Gasteiger partial charge on any atom is 0.252 e. The van der Waals surface area contributed by atoms with Gasteiger partial charge in [0.15, 0.2) is 0 Å². The van der Waals surface area contributed by atoms with Gasteiger partial charge >= 0.3 is 0 Å². The molecule has 6 nitrogen and oxygen atoms in total. The highest BCUT2D eigenvalue weighted by Crippen LogP contribution is 2.35. The Kier molecular flexibility index (Phi) is 7.68. The molecular weight excluding hydrogens is 491 g/mol. The molecule has 1 N–H and O–H groups in total.